The van der Waals surface area contributed by atoms with Crippen LogP contribution in [0.2, 0.25) is 0 Å². The highest BCUT2D eigenvalue weighted by atomic mass is 32.2. The van der Waals surface area contributed by atoms with Gasteiger partial charge < -0.3 is 5.32 Å². The number of aromatic nitrogens is 3. The SMILES string of the molecule is CCNc1nc(C)cc(Sc2nc3ccccc3s2)n1. The lowest BCUT2D eigenvalue weighted by Gasteiger charge is -2.04. The monoisotopic (exact) mass is 302 g/mol. The number of hydrogen-bond acceptors (Lipinski definition) is 6. The van der Waals surface area contributed by atoms with Gasteiger partial charge in [0.1, 0.15) is 5.03 Å². The summed E-state index contributed by atoms with van der Waals surface area (Å²) in [6.45, 7) is 4.83. The van der Waals surface area contributed by atoms with Crippen molar-refractivity contribution in [3.05, 3.63) is 36.0 Å². The molecule has 0 aliphatic carbocycles. The van der Waals surface area contributed by atoms with Gasteiger partial charge in [0.15, 0.2) is 4.34 Å². The number of benzene rings is 1. The van der Waals surface area contributed by atoms with Crippen LogP contribution in [0.5, 0.6) is 0 Å². The van der Waals surface area contributed by atoms with E-state index >= 15 is 0 Å². The van der Waals surface area contributed by atoms with Crippen molar-refractivity contribution >= 4 is 39.3 Å². The highest BCUT2D eigenvalue weighted by Crippen LogP contribution is 2.33. The Morgan fingerprint density at radius 3 is 2.85 bits per heavy atom. The van der Waals surface area contributed by atoms with Crippen LogP contribution in [0.15, 0.2) is 39.7 Å². The van der Waals surface area contributed by atoms with Gasteiger partial charge in [-0.3, -0.25) is 0 Å². The second kappa shape index (κ2) is 5.76. The first-order valence-corrected chi connectivity index (χ1v) is 8.01. The summed E-state index contributed by atoms with van der Waals surface area (Å²) < 4.78 is 2.21. The Hall–Kier alpha value is -1.66. The number of para-hydroxylation sites is 1. The second-order valence-corrected chi connectivity index (χ2v) is 6.55. The summed E-state index contributed by atoms with van der Waals surface area (Å²) >= 11 is 3.27. The lowest BCUT2D eigenvalue weighted by atomic mass is 10.3. The predicted molar refractivity (Wildman–Crippen MR) is 84.7 cm³/mol. The summed E-state index contributed by atoms with van der Waals surface area (Å²) in [5.74, 6) is 0.677. The number of thiazole rings is 1. The van der Waals surface area contributed by atoms with E-state index in [9.17, 15) is 0 Å². The Morgan fingerprint density at radius 1 is 1.20 bits per heavy atom. The minimum absolute atomic E-state index is 0.677. The van der Waals surface area contributed by atoms with Gasteiger partial charge in [0.25, 0.3) is 0 Å². The fourth-order valence-corrected chi connectivity index (χ4v) is 3.89. The Bertz CT molecular complexity index is 706. The Balaban J connectivity index is 1.90. The number of nitrogens with one attached hydrogen (secondary N) is 1. The molecule has 0 bridgehead atoms. The molecule has 0 fully saturated rings. The average Bonchev–Trinajstić information content (AvgIpc) is 2.80. The third-order valence-electron chi connectivity index (χ3n) is 2.63. The van der Waals surface area contributed by atoms with Crippen molar-refractivity contribution in [3.8, 4) is 0 Å². The van der Waals surface area contributed by atoms with Crippen LogP contribution in [0.3, 0.4) is 0 Å². The van der Waals surface area contributed by atoms with Gasteiger partial charge in [0.05, 0.1) is 10.2 Å². The van der Waals surface area contributed by atoms with E-state index in [0.717, 1.165) is 27.1 Å². The zero-order valence-corrected chi connectivity index (χ0v) is 12.9. The van der Waals surface area contributed by atoms with Crippen LogP contribution < -0.4 is 5.32 Å². The molecule has 0 amide bonds. The van der Waals surface area contributed by atoms with Gasteiger partial charge in [-0.1, -0.05) is 12.1 Å². The molecule has 1 N–H and O–H groups in total. The molecule has 0 aliphatic rings. The zero-order chi connectivity index (χ0) is 13.9. The third-order valence-corrected chi connectivity index (χ3v) is 4.65. The van der Waals surface area contributed by atoms with Gasteiger partial charge in [-0.15, -0.1) is 11.3 Å². The van der Waals surface area contributed by atoms with Gasteiger partial charge in [-0.05, 0) is 43.8 Å². The van der Waals surface area contributed by atoms with Crippen molar-refractivity contribution in [1.82, 2.24) is 15.0 Å². The van der Waals surface area contributed by atoms with E-state index in [2.05, 4.69) is 26.3 Å². The largest absolute Gasteiger partial charge is 0.354 e. The Morgan fingerprint density at radius 2 is 2.05 bits per heavy atom. The predicted octanol–water partition coefficient (Wildman–Crippen LogP) is 3.98. The number of fused-ring (bicyclic) bond motifs is 1. The van der Waals surface area contributed by atoms with Crippen LogP contribution in [0, 0.1) is 6.92 Å². The van der Waals surface area contributed by atoms with Crippen LogP contribution >= 0.6 is 23.1 Å². The maximum atomic E-state index is 4.61. The molecule has 1 aromatic carbocycles. The lowest BCUT2D eigenvalue weighted by Crippen LogP contribution is -2.03. The molecule has 4 nitrogen and oxygen atoms in total. The summed E-state index contributed by atoms with van der Waals surface area (Å²) in [4.78, 5) is 13.5. The molecule has 0 saturated heterocycles. The molecular weight excluding hydrogens is 288 g/mol. The quantitative estimate of drug-likeness (QED) is 0.739. The highest BCUT2D eigenvalue weighted by Gasteiger charge is 2.08. The molecule has 2 aromatic heterocycles. The summed E-state index contributed by atoms with van der Waals surface area (Å²) in [5.41, 5.74) is 2.00. The van der Waals surface area contributed by atoms with Crippen molar-refractivity contribution in [1.29, 1.82) is 0 Å². The van der Waals surface area contributed by atoms with Crippen LogP contribution in [0.1, 0.15) is 12.6 Å². The lowest BCUT2D eigenvalue weighted by molar-refractivity contribution is 0.984. The maximum Gasteiger partial charge on any atom is 0.223 e. The van der Waals surface area contributed by atoms with E-state index < -0.39 is 0 Å². The fraction of sp³-hybridized carbons (Fsp3) is 0.214. The van der Waals surface area contributed by atoms with E-state index in [-0.39, 0.29) is 0 Å². The fourth-order valence-electron chi connectivity index (χ4n) is 1.81. The van der Waals surface area contributed by atoms with Gasteiger partial charge in [0, 0.05) is 12.2 Å². The summed E-state index contributed by atoms with van der Waals surface area (Å²) in [6, 6.07) is 10.1. The average molecular weight is 302 g/mol. The molecule has 0 aliphatic heterocycles. The van der Waals surface area contributed by atoms with Crippen molar-refractivity contribution < 1.29 is 0 Å². The number of aryl methyl sites for hydroxylation is 1. The van der Waals surface area contributed by atoms with Crippen LogP contribution in [0.25, 0.3) is 10.2 Å². The molecule has 0 radical (unpaired) electrons. The minimum atomic E-state index is 0.677. The van der Waals surface area contributed by atoms with E-state index in [4.69, 9.17) is 0 Å². The molecule has 102 valence electrons. The molecule has 3 rings (SSSR count). The van der Waals surface area contributed by atoms with E-state index in [1.165, 1.54) is 4.70 Å². The molecule has 0 unspecified atom stereocenters. The first kappa shape index (κ1) is 13.3. The Labute approximate surface area is 125 Å². The van der Waals surface area contributed by atoms with Crippen molar-refractivity contribution in [3.63, 3.8) is 0 Å². The van der Waals surface area contributed by atoms with Gasteiger partial charge in [0.2, 0.25) is 5.95 Å². The molecule has 0 atom stereocenters. The molecule has 3 aromatic rings. The van der Waals surface area contributed by atoms with Crippen molar-refractivity contribution in [2.45, 2.75) is 23.2 Å². The normalized spacial score (nSPS) is 10.9. The van der Waals surface area contributed by atoms with E-state index in [1.54, 1.807) is 23.1 Å². The minimum Gasteiger partial charge on any atom is -0.354 e. The zero-order valence-electron chi connectivity index (χ0n) is 11.3. The number of nitrogens with zero attached hydrogens (tertiary/aromatic N) is 3. The van der Waals surface area contributed by atoms with Gasteiger partial charge in [-0.25, -0.2) is 15.0 Å². The number of anilines is 1. The summed E-state index contributed by atoms with van der Waals surface area (Å²) in [5, 5.41) is 4.07. The van der Waals surface area contributed by atoms with Crippen LogP contribution in [0.4, 0.5) is 5.95 Å². The molecule has 6 heteroatoms. The van der Waals surface area contributed by atoms with Crippen molar-refractivity contribution in [2.24, 2.45) is 0 Å². The summed E-state index contributed by atoms with van der Waals surface area (Å²) in [7, 11) is 0. The molecule has 2 heterocycles. The third kappa shape index (κ3) is 2.91. The number of rotatable bonds is 4. The standard InChI is InChI=1S/C14H14N4S2/c1-3-15-13-16-9(2)8-12(18-13)20-14-17-10-6-4-5-7-11(10)19-14/h4-8H,3H2,1-2H3,(H,15,16,18). The molecule has 0 saturated carbocycles. The first-order valence-electron chi connectivity index (χ1n) is 6.37. The molecular formula is C14H14N4S2. The molecule has 20 heavy (non-hydrogen) atoms. The van der Waals surface area contributed by atoms with Gasteiger partial charge >= 0.3 is 0 Å². The number of hydrogen-bond donors (Lipinski definition) is 1. The van der Waals surface area contributed by atoms with Crippen LogP contribution in [-0.2, 0) is 0 Å². The first-order chi connectivity index (χ1) is 9.74. The summed E-state index contributed by atoms with van der Waals surface area (Å²) in [6.07, 6.45) is 0. The second-order valence-electron chi connectivity index (χ2n) is 4.25. The smallest absolute Gasteiger partial charge is 0.223 e. The van der Waals surface area contributed by atoms with Gasteiger partial charge in [-0.2, -0.15) is 0 Å². The van der Waals surface area contributed by atoms with Crippen molar-refractivity contribution in [2.75, 3.05) is 11.9 Å². The maximum absolute atomic E-state index is 4.61. The Kier molecular flexibility index (Phi) is 3.84. The topological polar surface area (TPSA) is 50.7 Å². The molecule has 0 spiro atoms. The van der Waals surface area contributed by atoms with E-state index in [1.807, 2.05) is 38.1 Å². The van der Waals surface area contributed by atoms with E-state index in [0.29, 0.717) is 5.95 Å². The highest BCUT2D eigenvalue weighted by molar-refractivity contribution is 8.01. The van der Waals surface area contributed by atoms with Crippen LogP contribution in [-0.4, -0.2) is 21.5 Å².